The van der Waals surface area contributed by atoms with E-state index in [1.54, 1.807) is 4.57 Å². The Morgan fingerprint density at radius 3 is 2.50 bits per heavy atom. The normalized spacial score (nSPS) is 10.2. The van der Waals surface area contributed by atoms with E-state index in [4.69, 9.17) is 12.2 Å². The largest absolute Gasteiger partial charge is 0.494 e. The molecular formula is C6H9NOS2. The number of thiazole rings is 1. The summed E-state index contributed by atoms with van der Waals surface area (Å²) in [6, 6.07) is 0. The van der Waals surface area contributed by atoms with Gasteiger partial charge in [-0.1, -0.05) is 0 Å². The molecule has 0 aliphatic rings. The first kappa shape index (κ1) is 7.75. The van der Waals surface area contributed by atoms with Crippen LogP contribution in [0.1, 0.15) is 11.8 Å². The molecule has 1 N–H and O–H groups in total. The molecule has 1 aromatic rings. The summed E-state index contributed by atoms with van der Waals surface area (Å²) in [5.41, 5.74) is 0. The number of nitrogens with zero attached hydrogens (tertiary/aromatic N) is 1. The molecule has 0 aromatic carbocycles. The van der Waals surface area contributed by atoms with Crippen LogP contribution in [0.4, 0.5) is 0 Å². The molecule has 0 saturated carbocycles. The van der Waals surface area contributed by atoms with Crippen LogP contribution in [0.3, 0.4) is 0 Å². The first-order valence-electron chi connectivity index (χ1n) is 3.06. The van der Waals surface area contributed by atoms with Crippen molar-refractivity contribution >= 4 is 23.6 Å². The van der Waals surface area contributed by atoms with E-state index in [0.29, 0.717) is 5.88 Å². The van der Waals surface area contributed by atoms with Gasteiger partial charge >= 0.3 is 0 Å². The van der Waals surface area contributed by atoms with Crippen molar-refractivity contribution in [1.82, 2.24) is 4.57 Å². The van der Waals surface area contributed by atoms with E-state index >= 15 is 0 Å². The number of aromatic nitrogens is 1. The fraction of sp³-hybridized carbons (Fsp3) is 0.500. The lowest BCUT2D eigenvalue weighted by atomic mass is 10.6. The van der Waals surface area contributed by atoms with Gasteiger partial charge in [0.15, 0.2) is 3.95 Å². The van der Waals surface area contributed by atoms with E-state index in [0.717, 1.165) is 15.4 Å². The van der Waals surface area contributed by atoms with Crippen LogP contribution in [0.15, 0.2) is 0 Å². The Hall–Kier alpha value is -0.350. The standard InChI is InChI=1S/C6H9NOS2/c1-3-7-5(8)4(2)10-6(7)9/h8H,3H2,1-2H3. The van der Waals surface area contributed by atoms with Crippen LogP contribution in [0.5, 0.6) is 5.88 Å². The highest BCUT2D eigenvalue weighted by Gasteiger charge is 2.04. The Morgan fingerprint density at radius 1 is 1.70 bits per heavy atom. The molecule has 4 heteroatoms. The minimum atomic E-state index is 0.317. The number of hydrogen-bond acceptors (Lipinski definition) is 3. The average Bonchev–Trinajstić information content (AvgIpc) is 2.09. The fourth-order valence-corrected chi connectivity index (χ4v) is 2.17. The molecule has 0 aliphatic carbocycles. The molecule has 0 radical (unpaired) electrons. The van der Waals surface area contributed by atoms with Gasteiger partial charge in [-0.15, -0.1) is 11.3 Å². The second-order valence-corrected chi connectivity index (χ2v) is 3.84. The summed E-state index contributed by atoms with van der Waals surface area (Å²) < 4.78 is 2.47. The van der Waals surface area contributed by atoms with Crippen molar-refractivity contribution in [3.05, 3.63) is 8.83 Å². The van der Waals surface area contributed by atoms with Crippen molar-refractivity contribution in [3.63, 3.8) is 0 Å². The highest BCUT2D eigenvalue weighted by atomic mass is 32.1. The zero-order valence-corrected chi connectivity index (χ0v) is 7.55. The summed E-state index contributed by atoms with van der Waals surface area (Å²) in [6.07, 6.45) is 0. The molecule has 0 fully saturated rings. The van der Waals surface area contributed by atoms with Gasteiger partial charge in [-0.25, -0.2) is 0 Å². The number of hydrogen-bond donors (Lipinski definition) is 1. The number of aromatic hydroxyl groups is 1. The molecule has 1 rings (SSSR count). The lowest BCUT2D eigenvalue weighted by Crippen LogP contribution is -1.91. The third kappa shape index (κ3) is 1.09. The van der Waals surface area contributed by atoms with E-state index in [1.165, 1.54) is 11.3 Å². The Bertz CT molecular complexity index is 286. The zero-order chi connectivity index (χ0) is 7.72. The third-order valence-corrected chi connectivity index (χ3v) is 2.70. The molecule has 0 spiro atoms. The maximum Gasteiger partial charge on any atom is 0.206 e. The number of aryl methyl sites for hydroxylation is 1. The van der Waals surface area contributed by atoms with Crippen LogP contribution >= 0.6 is 23.6 Å². The summed E-state index contributed by atoms with van der Waals surface area (Å²) in [7, 11) is 0. The molecule has 1 aromatic heterocycles. The highest BCUT2D eigenvalue weighted by molar-refractivity contribution is 7.73. The van der Waals surface area contributed by atoms with Crippen molar-refractivity contribution in [1.29, 1.82) is 0 Å². The summed E-state index contributed by atoms with van der Waals surface area (Å²) in [5.74, 6) is 0.317. The predicted molar refractivity (Wildman–Crippen MR) is 45.2 cm³/mol. The Morgan fingerprint density at radius 2 is 2.30 bits per heavy atom. The van der Waals surface area contributed by atoms with E-state index in [9.17, 15) is 5.11 Å². The molecule has 2 nitrogen and oxygen atoms in total. The highest BCUT2D eigenvalue weighted by Crippen LogP contribution is 2.23. The van der Waals surface area contributed by atoms with E-state index in [2.05, 4.69) is 0 Å². The quantitative estimate of drug-likeness (QED) is 0.663. The van der Waals surface area contributed by atoms with Crippen LogP contribution in [-0.2, 0) is 6.54 Å². The molecule has 0 amide bonds. The van der Waals surface area contributed by atoms with Crippen molar-refractivity contribution in [2.24, 2.45) is 0 Å². The third-order valence-electron chi connectivity index (χ3n) is 1.35. The minimum absolute atomic E-state index is 0.317. The van der Waals surface area contributed by atoms with Crippen molar-refractivity contribution in [2.75, 3.05) is 0 Å². The monoisotopic (exact) mass is 175 g/mol. The first-order valence-corrected chi connectivity index (χ1v) is 4.28. The van der Waals surface area contributed by atoms with E-state index in [-0.39, 0.29) is 0 Å². The van der Waals surface area contributed by atoms with Gasteiger partial charge in [-0.3, -0.25) is 4.57 Å². The van der Waals surface area contributed by atoms with Gasteiger partial charge in [0.2, 0.25) is 5.88 Å². The summed E-state index contributed by atoms with van der Waals surface area (Å²) >= 11 is 6.43. The van der Waals surface area contributed by atoms with Crippen LogP contribution < -0.4 is 0 Å². The molecule has 0 saturated heterocycles. The van der Waals surface area contributed by atoms with Crippen LogP contribution in [0, 0.1) is 10.9 Å². The lowest BCUT2D eigenvalue weighted by molar-refractivity contribution is 0.417. The number of rotatable bonds is 1. The average molecular weight is 175 g/mol. The Labute approximate surface area is 68.7 Å². The van der Waals surface area contributed by atoms with Crippen LogP contribution in [0.2, 0.25) is 0 Å². The molecule has 0 unspecified atom stereocenters. The van der Waals surface area contributed by atoms with Crippen LogP contribution in [0.25, 0.3) is 0 Å². The second kappa shape index (κ2) is 2.72. The molecule has 0 aliphatic heterocycles. The second-order valence-electron chi connectivity index (χ2n) is 1.99. The van der Waals surface area contributed by atoms with Crippen molar-refractivity contribution < 1.29 is 5.11 Å². The molecule has 0 atom stereocenters. The van der Waals surface area contributed by atoms with Gasteiger partial charge in [0.1, 0.15) is 0 Å². The van der Waals surface area contributed by atoms with Crippen molar-refractivity contribution in [3.8, 4) is 5.88 Å². The zero-order valence-electron chi connectivity index (χ0n) is 5.92. The molecule has 1 heterocycles. The smallest absolute Gasteiger partial charge is 0.206 e. The molecular weight excluding hydrogens is 166 g/mol. The summed E-state index contributed by atoms with van der Waals surface area (Å²) in [6.45, 7) is 4.57. The van der Waals surface area contributed by atoms with Crippen LogP contribution in [-0.4, -0.2) is 9.67 Å². The summed E-state index contributed by atoms with van der Waals surface area (Å²) in [5, 5.41) is 9.33. The van der Waals surface area contributed by atoms with E-state index in [1.807, 2.05) is 13.8 Å². The van der Waals surface area contributed by atoms with Gasteiger partial charge in [0.25, 0.3) is 0 Å². The maximum atomic E-state index is 9.33. The minimum Gasteiger partial charge on any atom is -0.494 e. The molecule has 56 valence electrons. The Balaban J connectivity index is 3.34. The van der Waals surface area contributed by atoms with Gasteiger partial charge in [-0.2, -0.15) is 0 Å². The van der Waals surface area contributed by atoms with Gasteiger partial charge in [-0.05, 0) is 26.1 Å². The fourth-order valence-electron chi connectivity index (χ4n) is 0.787. The van der Waals surface area contributed by atoms with E-state index < -0.39 is 0 Å². The van der Waals surface area contributed by atoms with Gasteiger partial charge in [0, 0.05) is 6.54 Å². The summed E-state index contributed by atoms with van der Waals surface area (Å²) in [4.78, 5) is 0.895. The van der Waals surface area contributed by atoms with Crippen molar-refractivity contribution in [2.45, 2.75) is 20.4 Å². The maximum absolute atomic E-state index is 9.33. The van der Waals surface area contributed by atoms with Gasteiger partial charge < -0.3 is 5.11 Å². The Kier molecular flexibility index (Phi) is 2.11. The lowest BCUT2D eigenvalue weighted by Gasteiger charge is -1.96. The predicted octanol–water partition coefficient (Wildman–Crippen LogP) is 2.31. The topological polar surface area (TPSA) is 25.2 Å². The first-order chi connectivity index (χ1) is 4.66. The SMILES string of the molecule is CCn1c(O)c(C)sc1=S. The molecule has 0 bridgehead atoms. The van der Waals surface area contributed by atoms with Gasteiger partial charge in [0.05, 0.1) is 4.88 Å². The molecule has 10 heavy (non-hydrogen) atoms.